The quantitative estimate of drug-likeness (QED) is 0.841. The van der Waals surface area contributed by atoms with Gasteiger partial charge in [-0.3, -0.25) is 15.1 Å². The first-order chi connectivity index (χ1) is 8.29. The zero-order valence-electron chi connectivity index (χ0n) is 9.04. The zero-order chi connectivity index (χ0) is 12.1. The van der Waals surface area contributed by atoms with Crippen molar-refractivity contribution in [3.63, 3.8) is 0 Å². The van der Waals surface area contributed by atoms with Crippen LogP contribution in [0.25, 0.3) is 0 Å². The SMILES string of the molecule is CCNc1cncc(C(=O)Nc2nncs2)n1. The van der Waals surface area contributed by atoms with Gasteiger partial charge in [0.2, 0.25) is 5.13 Å². The Kier molecular flexibility index (Phi) is 3.55. The lowest BCUT2D eigenvalue weighted by molar-refractivity contribution is 0.102. The van der Waals surface area contributed by atoms with Crippen LogP contribution in [0.15, 0.2) is 17.9 Å². The van der Waals surface area contributed by atoms with Gasteiger partial charge < -0.3 is 5.32 Å². The summed E-state index contributed by atoms with van der Waals surface area (Å²) in [6, 6.07) is 0. The van der Waals surface area contributed by atoms with Crippen LogP contribution in [0, 0.1) is 0 Å². The first-order valence-electron chi connectivity index (χ1n) is 4.93. The summed E-state index contributed by atoms with van der Waals surface area (Å²) in [5.41, 5.74) is 1.77. The second-order valence-electron chi connectivity index (χ2n) is 3.02. The number of nitrogens with zero attached hydrogens (tertiary/aromatic N) is 4. The van der Waals surface area contributed by atoms with Crippen molar-refractivity contribution in [1.82, 2.24) is 20.2 Å². The number of hydrogen-bond acceptors (Lipinski definition) is 7. The highest BCUT2D eigenvalue weighted by atomic mass is 32.1. The van der Waals surface area contributed by atoms with Gasteiger partial charge in [-0.2, -0.15) is 0 Å². The Morgan fingerprint density at radius 3 is 3.06 bits per heavy atom. The molecule has 0 aromatic carbocycles. The first kappa shape index (κ1) is 11.4. The van der Waals surface area contributed by atoms with E-state index in [1.165, 1.54) is 23.0 Å². The lowest BCUT2D eigenvalue weighted by Crippen LogP contribution is -2.15. The van der Waals surface area contributed by atoms with Crippen LogP contribution in [-0.4, -0.2) is 32.6 Å². The van der Waals surface area contributed by atoms with Crippen molar-refractivity contribution in [3.8, 4) is 0 Å². The molecule has 2 N–H and O–H groups in total. The molecule has 0 aliphatic carbocycles. The van der Waals surface area contributed by atoms with Crippen molar-refractivity contribution in [2.24, 2.45) is 0 Å². The lowest BCUT2D eigenvalue weighted by Gasteiger charge is -2.03. The topological polar surface area (TPSA) is 92.7 Å². The number of amides is 1. The van der Waals surface area contributed by atoms with Crippen LogP contribution >= 0.6 is 11.3 Å². The van der Waals surface area contributed by atoms with Gasteiger partial charge in [0.15, 0.2) is 0 Å². The Morgan fingerprint density at radius 2 is 2.35 bits per heavy atom. The van der Waals surface area contributed by atoms with Crippen molar-refractivity contribution >= 4 is 28.2 Å². The molecule has 2 aromatic rings. The van der Waals surface area contributed by atoms with Gasteiger partial charge in [-0.25, -0.2) is 4.98 Å². The molecule has 0 saturated carbocycles. The van der Waals surface area contributed by atoms with Gasteiger partial charge in [-0.05, 0) is 6.92 Å². The van der Waals surface area contributed by atoms with Crippen LogP contribution in [-0.2, 0) is 0 Å². The number of hydrogen-bond donors (Lipinski definition) is 2. The van der Waals surface area contributed by atoms with Crippen molar-refractivity contribution in [2.75, 3.05) is 17.2 Å². The molecule has 7 nitrogen and oxygen atoms in total. The van der Waals surface area contributed by atoms with Crippen LogP contribution < -0.4 is 10.6 Å². The highest BCUT2D eigenvalue weighted by Gasteiger charge is 2.10. The molecule has 0 unspecified atom stereocenters. The normalized spacial score (nSPS) is 9.94. The zero-order valence-corrected chi connectivity index (χ0v) is 9.86. The van der Waals surface area contributed by atoms with Gasteiger partial charge in [0.25, 0.3) is 5.91 Å². The minimum absolute atomic E-state index is 0.235. The molecule has 17 heavy (non-hydrogen) atoms. The molecule has 0 aliphatic rings. The summed E-state index contributed by atoms with van der Waals surface area (Å²) in [6.07, 6.45) is 2.96. The molecule has 1 amide bonds. The van der Waals surface area contributed by atoms with E-state index in [0.717, 1.165) is 6.54 Å². The van der Waals surface area contributed by atoms with Gasteiger partial charge in [0.05, 0.1) is 12.4 Å². The van der Waals surface area contributed by atoms with E-state index in [9.17, 15) is 4.79 Å². The smallest absolute Gasteiger partial charge is 0.277 e. The second-order valence-corrected chi connectivity index (χ2v) is 3.85. The van der Waals surface area contributed by atoms with E-state index >= 15 is 0 Å². The van der Waals surface area contributed by atoms with Crippen LogP contribution in [0.4, 0.5) is 10.9 Å². The third-order valence-corrected chi connectivity index (χ3v) is 2.41. The summed E-state index contributed by atoms with van der Waals surface area (Å²) >= 11 is 1.24. The minimum atomic E-state index is -0.353. The maximum Gasteiger partial charge on any atom is 0.277 e. The predicted octanol–water partition coefficient (Wildman–Crippen LogP) is 1.01. The van der Waals surface area contributed by atoms with E-state index in [2.05, 4.69) is 30.8 Å². The Hall–Kier alpha value is -2.09. The van der Waals surface area contributed by atoms with E-state index in [4.69, 9.17) is 0 Å². The third kappa shape index (κ3) is 2.94. The van der Waals surface area contributed by atoms with Crippen molar-refractivity contribution in [1.29, 1.82) is 0 Å². The summed E-state index contributed by atoms with van der Waals surface area (Å²) in [5.74, 6) is 0.214. The van der Waals surface area contributed by atoms with Gasteiger partial charge in [-0.15, -0.1) is 10.2 Å². The summed E-state index contributed by atoms with van der Waals surface area (Å²) in [6.45, 7) is 2.66. The van der Waals surface area contributed by atoms with E-state index in [1.54, 1.807) is 6.20 Å². The molecular weight excluding hydrogens is 240 g/mol. The maximum atomic E-state index is 11.8. The Balaban J connectivity index is 2.11. The molecule has 0 radical (unpaired) electrons. The lowest BCUT2D eigenvalue weighted by atomic mass is 10.4. The number of rotatable bonds is 4. The van der Waals surface area contributed by atoms with Crippen LogP contribution in [0.5, 0.6) is 0 Å². The van der Waals surface area contributed by atoms with Gasteiger partial charge in [-0.1, -0.05) is 11.3 Å². The van der Waals surface area contributed by atoms with Gasteiger partial charge in [0, 0.05) is 6.54 Å². The highest BCUT2D eigenvalue weighted by Crippen LogP contribution is 2.10. The van der Waals surface area contributed by atoms with E-state index in [-0.39, 0.29) is 11.6 Å². The Labute approximate surface area is 101 Å². The third-order valence-electron chi connectivity index (χ3n) is 1.81. The molecule has 0 bridgehead atoms. The Morgan fingerprint density at radius 1 is 1.47 bits per heavy atom. The number of carbonyl (C=O) groups is 1. The van der Waals surface area contributed by atoms with Gasteiger partial charge >= 0.3 is 0 Å². The van der Waals surface area contributed by atoms with Crippen molar-refractivity contribution in [2.45, 2.75) is 6.92 Å². The summed E-state index contributed by atoms with van der Waals surface area (Å²) < 4.78 is 0. The number of carbonyl (C=O) groups excluding carboxylic acids is 1. The van der Waals surface area contributed by atoms with E-state index < -0.39 is 0 Å². The molecule has 0 fully saturated rings. The average Bonchev–Trinajstić information content (AvgIpc) is 2.83. The number of anilines is 2. The maximum absolute atomic E-state index is 11.8. The molecule has 0 aliphatic heterocycles. The molecule has 2 rings (SSSR count). The molecule has 88 valence electrons. The fourth-order valence-corrected chi connectivity index (χ4v) is 1.57. The standard InChI is InChI=1S/C9H10N6OS/c1-2-11-7-4-10-3-6(13-7)8(16)14-9-15-12-5-17-9/h3-5H,2H2,1H3,(H,11,13)(H,14,15,16). The monoisotopic (exact) mass is 250 g/mol. The van der Waals surface area contributed by atoms with E-state index in [1.807, 2.05) is 6.92 Å². The largest absolute Gasteiger partial charge is 0.369 e. The average molecular weight is 250 g/mol. The van der Waals surface area contributed by atoms with Crippen molar-refractivity contribution < 1.29 is 4.79 Å². The molecular formula is C9H10N6OS. The van der Waals surface area contributed by atoms with Crippen LogP contribution in [0.3, 0.4) is 0 Å². The summed E-state index contributed by atoms with van der Waals surface area (Å²) in [7, 11) is 0. The van der Waals surface area contributed by atoms with Crippen LogP contribution in [0.1, 0.15) is 17.4 Å². The van der Waals surface area contributed by atoms with Gasteiger partial charge in [0.1, 0.15) is 17.0 Å². The second kappa shape index (κ2) is 5.30. The van der Waals surface area contributed by atoms with Crippen LogP contribution in [0.2, 0.25) is 0 Å². The first-order valence-corrected chi connectivity index (χ1v) is 5.81. The number of aromatic nitrogens is 4. The molecule has 2 heterocycles. The summed E-state index contributed by atoms with van der Waals surface area (Å²) in [5, 5.41) is 13.3. The highest BCUT2D eigenvalue weighted by molar-refractivity contribution is 7.13. The fourth-order valence-electron chi connectivity index (χ4n) is 1.13. The van der Waals surface area contributed by atoms with E-state index in [0.29, 0.717) is 10.9 Å². The molecule has 8 heteroatoms. The molecule has 0 spiro atoms. The predicted molar refractivity (Wildman–Crippen MR) is 64.1 cm³/mol. The molecule has 2 aromatic heterocycles. The Bertz CT molecular complexity index is 500. The molecule has 0 atom stereocenters. The minimum Gasteiger partial charge on any atom is -0.369 e. The summed E-state index contributed by atoms with van der Waals surface area (Å²) in [4.78, 5) is 19.8. The number of nitrogens with one attached hydrogen (secondary N) is 2. The fraction of sp³-hybridized carbons (Fsp3) is 0.222. The molecule has 0 saturated heterocycles. The van der Waals surface area contributed by atoms with Crippen molar-refractivity contribution in [3.05, 3.63) is 23.6 Å².